The van der Waals surface area contributed by atoms with Crippen LogP contribution in [0.25, 0.3) is 10.4 Å². The smallest absolute Gasteiger partial charge is 0.311 e. The van der Waals surface area contributed by atoms with E-state index in [0.29, 0.717) is 0 Å². The number of carbonyl (C=O) groups is 1. The molecule has 0 saturated heterocycles. The number of hydrogen-bond donors (Lipinski definition) is 1. The van der Waals surface area contributed by atoms with Crippen LogP contribution in [-0.2, 0) is 10.2 Å². The average molecular weight is 255 g/mol. The van der Waals surface area contributed by atoms with Crippen molar-refractivity contribution in [3.05, 3.63) is 70.6 Å². The maximum Gasteiger partial charge on any atom is 0.311 e. The van der Waals surface area contributed by atoms with Crippen molar-refractivity contribution >= 4 is 5.97 Å². The summed E-state index contributed by atoms with van der Waals surface area (Å²) >= 11 is 0. The summed E-state index contributed by atoms with van der Waals surface area (Å²) in [7, 11) is 0. The molecule has 0 fully saturated rings. The van der Waals surface area contributed by atoms with Crippen molar-refractivity contribution in [2.75, 3.05) is 6.54 Å². The Bertz CT molecular complexity index is 574. The van der Waals surface area contributed by atoms with E-state index in [-0.39, 0.29) is 6.54 Å². The molecule has 2 atom stereocenters. The van der Waals surface area contributed by atoms with Crippen LogP contribution in [0.4, 0.5) is 0 Å². The molecule has 96 valence electrons. The highest BCUT2D eigenvalue weighted by molar-refractivity contribution is 5.76. The first-order chi connectivity index (χ1) is 9.20. The molecule has 0 amide bonds. The van der Waals surface area contributed by atoms with E-state index >= 15 is 0 Å². The highest BCUT2D eigenvalue weighted by atomic mass is 16.4. The van der Waals surface area contributed by atoms with Crippen LogP contribution in [0, 0.1) is 5.92 Å². The fraction of sp³-hybridized carbons (Fsp3) is 0.214. The van der Waals surface area contributed by atoms with Gasteiger partial charge < -0.3 is 5.11 Å². The lowest BCUT2D eigenvalue weighted by atomic mass is 9.68. The van der Waals surface area contributed by atoms with E-state index < -0.39 is 17.3 Å². The number of aliphatic carboxylic acids is 1. The van der Waals surface area contributed by atoms with Gasteiger partial charge in [0.2, 0.25) is 0 Å². The standard InChI is InChI=1S/C14H13N3O2/c15-17-16-10-14(11-6-2-1-3-7-11)9-5-4-8-12(14)13(18)19/h1-9,12H,10H2,(H,18,19). The van der Waals surface area contributed by atoms with E-state index in [4.69, 9.17) is 5.53 Å². The maximum atomic E-state index is 11.5. The Morgan fingerprint density at radius 2 is 2.11 bits per heavy atom. The Balaban J connectivity index is 2.56. The second-order valence-electron chi connectivity index (χ2n) is 4.36. The second kappa shape index (κ2) is 5.42. The van der Waals surface area contributed by atoms with Gasteiger partial charge in [-0.1, -0.05) is 59.8 Å². The first kappa shape index (κ1) is 12.9. The summed E-state index contributed by atoms with van der Waals surface area (Å²) in [6.07, 6.45) is 6.92. The maximum absolute atomic E-state index is 11.5. The Hall–Kier alpha value is -2.52. The van der Waals surface area contributed by atoms with Crippen molar-refractivity contribution in [2.24, 2.45) is 11.0 Å². The Labute approximate surface area is 110 Å². The predicted molar refractivity (Wildman–Crippen MR) is 71.5 cm³/mol. The van der Waals surface area contributed by atoms with Crippen molar-refractivity contribution in [3.8, 4) is 0 Å². The van der Waals surface area contributed by atoms with E-state index in [2.05, 4.69) is 10.0 Å². The largest absolute Gasteiger partial charge is 0.481 e. The first-order valence-corrected chi connectivity index (χ1v) is 5.86. The van der Waals surface area contributed by atoms with Gasteiger partial charge in [-0.25, -0.2) is 0 Å². The van der Waals surface area contributed by atoms with Gasteiger partial charge in [-0.3, -0.25) is 4.79 Å². The van der Waals surface area contributed by atoms with E-state index in [1.807, 2.05) is 30.3 Å². The first-order valence-electron chi connectivity index (χ1n) is 5.86. The molecule has 2 unspecified atom stereocenters. The van der Waals surface area contributed by atoms with Gasteiger partial charge in [0, 0.05) is 16.9 Å². The van der Waals surface area contributed by atoms with E-state index in [1.165, 1.54) is 0 Å². The summed E-state index contributed by atoms with van der Waals surface area (Å²) in [5, 5.41) is 13.0. The third-order valence-electron chi connectivity index (χ3n) is 3.34. The SMILES string of the molecule is [N-]=[N+]=NCC1(c2ccccc2)C=CC=CC1C(=O)O. The van der Waals surface area contributed by atoms with Crippen LogP contribution in [0.15, 0.2) is 59.8 Å². The van der Waals surface area contributed by atoms with Crippen LogP contribution in [0.3, 0.4) is 0 Å². The van der Waals surface area contributed by atoms with E-state index in [9.17, 15) is 9.90 Å². The third kappa shape index (κ3) is 2.37. The molecule has 1 aliphatic rings. The predicted octanol–water partition coefficient (Wildman–Crippen LogP) is 3.06. The fourth-order valence-corrected chi connectivity index (χ4v) is 2.40. The van der Waals surface area contributed by atoms with Crippen LogP contribution in [0.2, 0.25) is 0 Å². The van der Waals surface area contributed by atoms with Crippen LogP contribution in [0.1, 0.15) is 5.56 Å². The van der Waals surface area contributed by atoms with Gasteiger partial charge in [0.25, 0.3) is 0 Å². The van der Waals surface area contributed by atoms with Gasteiger partial charge in [-0.2, -0.15) is 0 Å². The zero-order valence-electron chi connectivity index (χ0n) is 10.2. The molecule has 0 heterocycles. The van der Waals surface area contributed by atoms with Gasteiger partial charge in [-0.05, 0) is 11.1 Å². The molecule has 1 aromatic rings. The lowest BCUT2D eigenvalue weighted by molar-refractivity contribution is -0.141. The molecule has 5 nitrogen and oxygen atoms in total. The Morgan fingerprint density at radius 1 is 1.37 bits per heavy atom. The summed E-state index contributed by atoms with van der Waals surface area (Å²) in [6.45, 7) is 0.0747. The lowest BCUT2D eigenvalue weighted by Gasteiger charge is -2.35. The number of carboxylic acid groups (broad SMARTS) is 1. The number of carboxylic acids is 1. The molecule has 0 aromatic heterocycles. The zero-order valence-corrected chi connectivity index (χ0v) is 10.2. The molecule has 2 rings (SSSR count). The quantitative estimate of drug-likeness (QED) is 0.509. The number of allylic oxidation sites excluding steroid dienone is 2. The van der Waals surface area contributed by atoms with Crippen LogP contribution in [0.5, 0.6) is 0 Å². The van der Waals surface area contributed by atoms with Crippen molar-refractivity contribution in [1.82, 2.24) is 0 Å². The highest BCUT2D eigenvalue weighted by Gasteiger charge is 2.41. The van der Waals surface area contributed by atoms with Crippen LogP contribution < -0.4 is 0 Å². The number of rotatable bonds is 4. The molecular weight excluding hydrogens is 242 g/mol. The number of azide groups is 1. The second-order valence-corrected chi connectivity index (χ2v) is 4.36. The molecular formula is C14H13N3O2. The van der Waals surface area contributed by atoms with Crippen molar-refractivity contribution in [3.63, 3.8) is 0 Å². The summed E-state index contributed by atoms with van der Waals surface area (Å²) in [4.78, 5) is 14.3. The van der Waals surface area contributed by atoms with Gasteiger partial charge in [0.1, 0.15) is 0 Å². The summed E-state index contributed by atoms with van der Waals surface area (Å²) in [5.74, 6) is -1.68. The third-order valence-corrected chi connectivity index (χ3v) is 3.34. The molecule has 5 heteroatoms. The van der Waals surface area contributed by atoms with Crippen molar-refractivity contribution < 1.29 is 9.90 Å². The Kier molecular flexibility index (Phi) is 3.68. The number of nitrogens with zero attached hydrogens (tertiary/aromatic N) is 3. The van der Waals surface area contributed by atoms with Gasteiger partial charge >= 0.3 is 5.97 Å². The summed E-state index contributed by atoms with van der Waals surface area (Å²) < 4.78 is 0. The van der Waals surface area contributed by atoms with Crippen LogP contribution >= 0.6 is 0 Å². The minimum atomic E-state index is -0.933. The molecule has 0 saturated carbocycles. The molecule has 19 heavy (non-hydrogen) atoms. The van der Waals surface area contributed by atoms with Gasteiger partial charge in [-0.15, -0.1) is 0 Å². The molecule has 1 aromatic carbocycles. The lowest BCUT2D eigenvalue weighted by Crippen LogP contribution is -2.41. The molecule has 1 aliphatic carbocycles. The minimum Gasteiger partial charge on any atom is -0.481 e. The fourth-order valence-electron chi connectivity index (χ4n) is 2.40. The van der Waals surface area contributed by atoms with Gasteiger partial charge in [0.05, 0.1) is 5.92 Å². The van der Waals surface area contributed by atoms with E-state index in [0.717, 1.165) is 5.56 Å². The molecule has 0 aliphatic heterocycles. The molecule has 0 radical (unpaired) electrons. The van der Waals surface area contributed by atoms with Crippen molar-refractivity contribution in [2.45, 2.75) is 5.41 Å². The molecule has 0 spiro atoms. The normalized spacial score (nSPS) is 24.7. The Morgan fingerprint density at radius 3 is 2.74 bits per heavy atom. The average Bonchev–Trinajstić information content (AvgIpc) is 2.46. The summed E-state index contributed by atoms with van der Waals surface area (Å²) in [6, 6.07) is 9.26. The van der Waals surface area contributed by atoms with E-state index in [1.54, 1.807) is 24.3 Å². The monoisotopic (exact) mass is 255 g/mol. The zero-order chi connectivity index (χ0) is 13.7. The van der Waals surface area contributed by atoms with Crippen molar-refractivity contribution in [1.29, 1.82) is 0 Å². The highest BCUT2D eigenvalue weighted by Crippen LogP contribution is 2.38. The summed E-state index contributed by atoms with van der Waals surface area (Å²) in [5.41, 5.74) is 8.56. The van der Waals surface area contributed by atoms with Crippen LogP contribution in [-0.4, -0.2) is 17.6 Å². The number of benzene rings is 1. The van der Waals surface area contributed by atoms with Gasteiger partial charge in [0.15, 0.2) is 0 Å². The topological polar surface area (TPSA) is 86.1 Å². The number of hydrogen-bond acceptors (Lipinski definition) is 2. The molecule has 0 bridgehead atoms. The molecule has 1 N–H and O–H groups in total. The minimum absolute atomic E-state index is 0.0747.